The second kappa shape index (κ2) is 3.10. The van der Waals surface area contributed by atoms with E-state index in [1.165, 1.54) is 0 Å². The molecule has 3 fully saturated rings. The molecule has 0 radical (unpaired) electrons. The van der Waals surface area contributed by atoms with E-state index in [-0.39, 0.29) is 18.1 Å². The Bertz CT molecular complexity index is 456. The summed E-state index contributed by atoms with van der Waals surface area (Å²) in [6, 6.07) is 0.0566. The van der Waals surface area contributed by atoms with Gasteiger partial charge in [-0.1, -0.05) is 0 Å². The van der Waals surface area contributed by atoms with Crippen LogP contribution in [0.25, 0.3) is 0 Å². The smallest absolute Gasteiger partial charge is 0.257 e. The molecule has 17 heavy (non-hydrogen) atoms. The van der Waals surface area contributed by atoms with Gasteiger partial charge in [-0.3, -0.25) is 9.89 Å². The molecule has 2 bridgehead atoms. The van der Waals surface area contributed by atoms with Crippen molar-refractivity contribution in [1.29, 1.82) is 0 Å². The Hall–Kier alpha value is -1.36. The van der Waals surface area contributed by atoms with E-state index in [2.05, 4.69) is 10.2 Å². The number of amides is 1. The van der Waals surface area contributed by atoms with E-state index >= 15 is 0 Å². The van der Waals surface area contributed by atoms with Crippen LogP contribution in [0.3, 0.4) is 0 Å². The van der Waals surface area contributed by atoms with Crippen LogP contribution < -0.4 is 0 Å². The fourth-order valence-electron chi connectivity index (χ4n) is 4.18. The zero-order valence-electron chi connectivity index (χ0n) is 9.41. The van der Waals surface area contributed by atoms with Crippen LogP contribution in [-0.2, 0) is 0 Å². The number of carbonyl (C=O) groups is 1. The van der Waals surface area contributed by atoms with Gasteiger partial charge in [-0.2, -0.15) is 5.10 Å². The molecule has 2 heterocycles. The highest BCUT2D eigenvalue weighted by molar-refractivity contribution is 5.94. The lowest BCUT2D eigenvalue weighted by molar-refractivity contribution is 0.0402. The first-order chi connectivity index (χ1) is 8.25. The van der Waals surface area contributed by atoms with Crippen molar-refractivity contribution in [2.24, 2.45) is 17.8 Å². The molecule has 0 spiro atoms. The van der Waals surface area contributed by atoms with Crippen molar-refractivity contribution in [2.45, 2.75) is 25.0 Å². The molecule has 5 unspecified atom stereocenters. The summed E-state index contributed by atoms with van der Waals surface area (Å²) in [6.07, 6.45) is 5.07. The van der Waals surface area contributed by atoms with Crippen molar-refractivity contribution in [3.05, 3.63) is 18.0 Å². The number of aliphatic hydroxyl groups excluding tert-OH is 1. The molecule has 0 aromatic carbocycles. The summed E-state index contributed by atoms with van der Waals surface area (Å²) in [4.78, 5) is 14.2. The van der Waals surface area contributed by atoms with Crippen LogP contribution in [0.1, 0.15) is 23.2 Å². The molecule has 5 heteroatoms. The van der Waals surface area contributed by atoms with E-state index < -0.39 is 0 Å². The number of aliphatic hydroxyl groups is 1. The first-order valence-electron chi connectivity index (χ1n) is 6.23. The Balaban J connectivity index is 1.66. The van der Waals surface area contributed by atoms with Crippen LogP contribution in [0.5, 0.6) is 0 Å². The van der Waals surface area contributed by atoms with Gasteiger partial charge in [0.2, 0.25) is 0 Å². The Labute approximate surface area is 98.8 Å². The fourth-order valence-corrected chi connectivity index (χ4v) is 4.18. The maximum atomic E-state index is 12.3. The second-order valence-corrected chi connectivity index (χ2v) is 5.58. The van der Waals surface area contributed by atoms with Gasteiger partial charge >= 0.3 is 0 Å². The Morgan fingerprint density at radius 3 is 3.06 bits per heavy atom. The van der Waals surface area contributed by atoms with E-state index in [1.807, 2.05) is 4.90 Å². The molecule has 1 amide bonds. The molecular weight excluding hydrogens is 218 g/mol. The number of likely N-dealkylation sites (tertiary alicyclic amines) is 1. The predicted molar refractivity (Wildman–Crippen MR) is 59.1 cm³/mol. The number of hydrogen-bond acceptors (Lipinski definition) is 3. The van der Waals surface area contributed by atoms with Gasteiger partial charge in [0, 0.05) is 12.7 Å². The van der Waals surface area contributed by atoms with E-state index in [1.54, 1.807) is 12.4 Å². The average molecular weight is 233 g/mol. The summed E-state index contributed by atoms with van der Waals surface area (Å²) in [5.41, 5.74) is 0.599. The summed E-state index contributed by atoms with van der Waals surface area (Å²) in [6.45, 7) is 0.812. The van der Waals surface area contributed by atoms with Crippen LogP contribution in [0.15, 0.2) is 12.4 Å². The first kappa shape index (κ1) is 9.65. The van der Waals surface area contributed by atoms with Gasteiger partial charge in [-0.25, -0.2) is 0 Å². The number of hydrogen-bond donors (Lipinski definition) is 2. The van der Waals surface area contributed by atoms with Crippen molar-refractivity contribution >= 4 is 5.91 Å². The SMILES string of the molecule is O=C(c1cn[nH]c1)N1CC2CC3CC2C1C3O. The van der Waals surface area contributed by atoms with Crippen molar-refractivity contribution in [1.82, 2.24) is 15.1 Å². The van der Waals surface area contributed by atoms with E-state index in [0.717, 1.165) is 19.4 Å². The van der Waals surface area contributed by atoms with Crippen molar-refractivity contribution in [3.63, 3.8) is 0 Å². The van der Waals surface area contributed by atoms with Crippen LogP contribution in [-0.4, -0.2) is 44.8 Å². The summed E-state index contributed by atoms with van der Waals surface area (Å²) in [7, 11) is 0. The zero-order chi connectivity index (χ0) is 11.6. The van der Waals surface area contributed by atoms with Gasteiger partial charge in [0.05, 0.1) is 23.9 Å². The Morgan fingerprint density at radius 1 is 1.47 bits per heavy atom. The predicted octanol–water partition coefficient (Wildman–Crippen LogP) is 0.251. The lowest BCUT2D eigenvalue weighted by Crippen LogP contribution is -2.43. The van der Waals surface area contributed by atoms with Crippen LogP contribution in [0.4, 0.5) is 0 Å². The molecule has 1 aliphatic heterocycles. The molecule has 1 saturated heterocycles. The third-order valence-electron chi connectivity index (χ3n) is 4.85. The highest BCUT2D eigenvalue weighted by atomic mass is 16.3. The topological polar surface area (TPSA) is 69.2 Å². The average Bonchev–Trinajstić information content (AvgIpc) is 3.02. The second-order valence-electron chi connectivity index (χ2n) is 5.58. The molecule has 1 aromatic heterocycles. The summed E-state index contributed by atoms with van der Waals surface area (Å²) >= 11 is 0. The molecule has 2 aliphatic carbocycles. The van der Waals surface area contributed by atoms with Crippen LogP contribution in [0.2, 0.25) is 0 Å². The summed E-state index contributed by atoms with van der Waals surface area (Å²) in [5, 5.41) is 16.7. The zero-order valence-corrected chi connectivity index (χ0v) is 9.41. The van der Waals surface area contributed by atoms with Crippen molar-refractivity contribution in [3.8, 4) is 0 Å². The first-order valence-corrected chi connectivity index (χ1v) is 6.23. The highest BCUT2D eigenvalue weighted by Crippen LogP contribution is 2.55. The molecule has 90 valence electrons. The number of aromatic nitrogens is 2. The van der Waals surface area contributed by atoms with Gasteiger partial charge in [0.1, 0.15) is 0 Å². The van der Waals surface area contributed by atoms with Crippen molar-refractivity contribution < 1.29 is 9.90 Å². The number of rotatable bonds is 1. The fraction of sp³-hybridized carbons (Fsp3) is 0.667. The molecule has 5 atom stereocenters. The van der Waals surface area contributed by atoms with Gasteiger partial charge in [0.15, 0.2) is 0 Å². The number of H-pyrrole nitrogens is 1. The van der Waals surface area contributed by atoms with Gasteiger partial charge < -0.3 is 10.0 Å². The van der Waals surface area contributed by atoms with Gasteiger partial charge in [0.25, 0.3) is 5.91 Å². The van der Waals surface area contributed by atoms with Crippen LogP contribution in [0, 0.1) is 17.8 Å². The maximum absolute atomic E-state index is 12.3. The number of carbonyl (C=O) groups excluding carboxylic acids is 1. The quantitative estimate of drug-likeness (QED) is 0.730. The van der Waals surface area contributed by atoms with Gasteiger partial charge in [-0.15, -0.1) is 0 Å². The van der Waals surface area contributed by atoms with E-state index in [9.17, 15) is 9.90 Å². The van der Waals surface area contributed by atoms with Crippen LogP contribution >= 0.6 is 0 Å². The number of fused-ring (bicyclic) bond motifs is 1. The van der Waals surface area contributed by atoms with E-state index in [0.29, 0.717) is 23.3 Å². The molecule has 2 saturated carbocycles. The Kier molecular flexibility index (Phi) is 1.76. The lowest BCUT2D eigenvalue weighted by Gasteiger charge is -2.28. The standard InChI is InChI=1S/C12H15N3O2/c16-11-6-1-7-5-15(10(11)9(7)2-6)12(17)8-3-13-14-4-8/h3-4,6-7,9-11,16H,1-2,5H2,(H,13,14). The van der Waals surface area contributed by atoms with E-state index in [4.69, 9.17) is 0 Å². The normalized spacial score (nSPS) is 42.4. The third kappa shape index (κ3) is 1.12. The molecule has 1 aromatic rings. The maximum Gasteiger partial charge on any atom is 0.257 e. The van der Waals surface area contributed by atoms with Gasteiger partial charge in [-0.05, 0) is 30.6 Å². The Morgan fingerprint density at radius 2 is 2.35 bits per heavy atom. The number of nitrogens with one attached hydrogen (secondary N) is 1. The minimum Gasteiger partial charge on any atom is -0.391 e. The highest BCUT2D eigenvalue weighted by Gasteiger charge is 2.59. The largest absolute Gasteiger partial charge is 0.391 e. The minimum absolute atomic E-state index is 0.0119. The number of nitrogens with zero attached hydrogens (tertiary/aromatic N) is 2. The molecule has 5 nitrogen and oxygen atoms in total. The molecule has 3 aliphatic rings. The summed E-state index contributed by atoms with van der Waals surface area (Å²) in [5.74, 6) is 1.59. The third-order valence-corrected chi connectivity index (χ3v) is 4.85. The minimum atomic E-state index is -0.311. The van der Waals surface area contributed by atoms with Crippen molar-refractivity contribution in [2.75, 3.05) is 6.54 Å². The summed E-state index contributed by atoms with van der Waals surface area (Å²) < 4.78 is 0. The number of aromatic amines is 1. The monoisotopic (exact) mass is 233 g/mol. The lowest BCUT2D eigenvalue weighted by atomic mass is 9.88. The molecule has 2 N–H and O–H groups in total. The molecular formula is C12H15N3O2. The molecule has 4 rings (SSSR count).